The summed E-state index contributed by atoms with van der Waals surface area (Å²) in [5, 5.41) is 3.30. The van der Waals surface area contributed by atoms with Gasteiger partial charge in [0.2, 0.25) is 0 Å². The van der Waals surface area contributed by atoms with Gasteiger partial charge in [0.15, 0.2) is 5.96 Å². The van der Waals surface area contributed by atoms with Crippen LogP contribution in [-0.2, 0) is 0 Å². The monoisotopic (exact) mass is 142 g/mol. The fourth-order valence-corrected chi connectivity index (χ4v) is 0.394. The highest BCUT2D eigenvalue weighted by Gasteiger charge is 1.82. The summed E-state index contributed by atoms with van der Waals surface area (Å²) >= 11 is 0. The molecule has 0 aliphatic rings. The molecule has 10 heavy (non-hydrogen) atoms. The summed E-state index contributed by atoms with van der Waals surface area (Å²) < 4.78 is 0. The highest BCUT2D eigenvalue weighted by Crippen LogP contribution is 1.81. The van der Waals surface area contributed by atoms with Crippen LogP contribution in [-0.4, -0.2) is 19.0 Å². The molecule has 0 saturated heterocycles. The van der Waals surface area contributed by atoms with Gasteiger partial charge in [0, 0.05) is 18.0 Å². The van der Waals surface area contributed by atoms with Crippen molar-refractivity contribution in [1.29, 1.82) is 0 Å². The van der Waals surface area contributed by atoms with Crippen molar-refractivity contribution in [3.05, 3.63) is 10.4 Å². The van der Waals surface area contributed by atoms with E-state index < -0.39 is 0 Å². The molecule has 0 aromatic carbocycles. The standard InChI is InChI=1S/C4H10N6/c5-4(6)8-2-1-3-9-10-7/h1-3H2,(H4,5,6,8). The van der Waals surface area contributed by atoms with Crippen LogP contribution in [0.2, 0.25) is 0 Å². The maximum atomic E-state index is 7.85. The van der Waals surface area contributed by atoms with Crippen LogP contribution in [0.4, 0.5) is 0 Å². The van der Waals surface area contributed by atoms with Crippen molar-refractivity contribution >= 4 is 5.96 Å². The van der Waals surface area contributed by atoms with E-state index in [9.17, 15) is 0 Å². The van der Waals surface area contributed by atoms with Crippen LogP contribution in [0.1, 0.15) is 6.42 Å². The summed E-state index contributed by atoms with van der Waals surface area (Å²) in [5.41, 5.74) is 17.9. The normalized spacial score (nSPS) is 8.00. The van der Waals surface area contributed by atoms with E-state index in [4.69, 9.17) is 17.0 Å². The highest BCUT2D eigenvalue weighted by molar-refractivity contribution is 5.75. The molecule has 0 bridgehead atoms. The molecule has 0 unspecified atom stereocenters. The Hall–Kier alpha value is -1.42. The van der Waals surface area contributed by atoms with E-state index in [1.165, 1.54) is 0 Å². The van der Waals surface area contributed by atoms with Gasteiger partial charge in [-0.05, 0) is 12.0 Å². The molecule has 0 rings (SSSR count). The van der Waals surface area contributed by atoms with Gasteiger partial charge in [-0.2, -0.15) is 0 Å². The number of nitrogens with two attached hydrogens (primary N) is 2. The predicted molar refractivity (Wildman–Crippen MR) is 39.3 cm³/mol. The summed E-state index contributed by atoms with van der Waals surface area (Å²) in [6.45, 7) is 0.953. The Morgan fingerprint density at radius 2 is 2.10 bits per heavy atom. The molecule has 0 saturated carbocycles. The van der Waals surface area contributed by atoms with Crippen LogP contribution in [0.3, 0.4) is 0 Å². The fraction of sp³-hybridized carbons (Fsp3) is 0.750. The maximum absolute atomic E-state index is 7.85. The van der Waals surface area contributed by atoms with Crippen molar-refractivity contribution in [2.75, 3.05) is 13.1 Å². The first-order valence-corrected chi connectivity index (χ1v) is 2.83. The van der Waals surface area contributed by atoms with Crippen molar-refractivity contribution in [3.63, 3.8) is 0 Å². The lowest BCUT2D eigenvalue weighted by atomic mass is 10.4. The minimum Gasteiger partial charge on any atom is -0.370 e. The molecule has 0 amide bonds. The Morgan fingerprint density at radius 1 is 1.40 bits per heavy atom. The maximum Gasteiger partial charge on any atom is 0.185 e. The van der Waals surface area contributed by atoms with E-state index in [0.717, 1.165) is 0 Å². The van der Waals surface area contributed by atoms with E-state index in [1.54, 1.807) is 0 Å². The Kier molecular flexibility index (Phi) is 4.90. The number of azide groups is 1. The molecule has 0 spiro atoms. The quantitative estimate of drug-likeness (QED) is 0.143. The summed E-state index contributed by atoms with van der Waals surface area (Å²) in [6, 6.07) is 0. The second-order valence-electron chi connectivity index (χ2n) is 1.61. The summed E-state index contributed by atoms with van der Waals surface area (Å²) in [6.07, 6.45) is 0.683. The van der Waals surface area contributed by atoms with E-state index in [1.807, 2.05) is 0 Å². The van der Waals surface area contributed by atoms with E-state index in [0.29, 0.717) is 19.5 Å². The van der Waals surface area contributed by atoms with Crippen molar-refractivity contribution < 1.29 is 0 Å². The van der Waals surface area contributed by atoms with E-state index in [-0.39, 0.29) is 5.96 Å². The van der Waals surface area contributed by atoms with Gasteiger partial charge < -0.3 is 11.5 Å². The number of hydrogen-bond donors (Lipinski definition) is 2. The first-order chi connectivity index (χ1) is 4.77. The summed E-state index contributed by atoms with van der Waals surface area (Å²) in [7, 11) is 0. The summed E-state index contributed by atoms with van der Waals surface area (Å²) in [4.78, 5) is 6.25. The second kappa shape index (κ2) is 5.71. The van der Waals surface area contributed by atoms with Gasteiger partial charge in [0.1, 0.15) is 0 Å². The Bertz CT molecular complexity index is 151. The van der Waals surface area contributed by atoms with E-state index in [2.05, 4.69) is 15.0 Å². The minimum atomic E-state index is 0.0703. The molecule has 0 radical (unpaired) electrons. The first-order valence-electron chi connectivity index (χ1n) is 2.83. The van der Waals surface area contributed by atoms with Gasteiger partial charge in [0.25, 0.3) is 0 Å². The zero-order chi connectivity index (χ0) is 7.82. The Balaban J connectivity index is 3.21. The van der Waals surface area contributed by atoms with Crippen LogP contribution in [0, 0.1) is 0 Å². The Labute approximate surface area is 58.5 Å². The smallest absolute Gasteiger partial charge is 0.185 e. The van der Waals surface area contributed by atoms with Gasteiger partial charge in [-0.15, -0.1) is 0 Å². The molecular weight excluding hydrogens is 132 g/mol. The number of guanidine groups is 1. The number of rotatable bonds is 4. The van der Waals surface area contributed by atoms with Crippen LogP contribution in [0.5, 0.6) is 0 Å². The molecule has 0 aromatic heterocycles. The van der Waals surface area contributed by atoms with Crippen LogP contribution < -0.4 is 11.5 Å². The van der Waals surface area contributed by atoms with Gasteiger partial charge in [0.05, 0.1) is 0 Å². The van der Waals surface area contributed by atoms with Gasteiger partial charge in [-0.3, -0.25) is 4.99 Å². The topological polar surface area (TPSA) is 113 Å². The molecule has 0 atom stereocenters. The van der Waals surface area contributed by atoms with Crippen LogP contribution in [0.25, 0.3) is 10.4 Å². The number of aliphatic imine (C=N–C) groups is 1. The zero-order valence-corrected chi connectivity index (χ0v) is 5.56. The van der Waals surface area contributed by atoms with Gasteiger partial charge in [-0.1, -0.05) is 5.11 Å². The third-order valence-electron chi connectivity index (χ3n) is 0.774. The Morgan fingerprint density at radius 3 is 2.60 bits per heavy atom. The number of nitrogens with zero attached hydrogens (tertiary/aromatic N) is 4. The molecule has 0 aliphatic carbocycles. The van der Waals surface area contributed by atoms with Gasteiger partial charge >= 0.3 is 0 Å². The largest absolute Gasteiger partial charge is 0.370 e. The SMILES string of the molecule is [N-]=[N+]=NCCCN=C(N)N. The third kappa shape index (κ3) is 6.58. The number of hydrogen-bond acceptors (Lipinski definition) is 2. The average molecular weight is 142 g/mol. The molecule has 56 valence electrons. The average Bonchev–Trinajstić information content (AvgIpc) is 1.87. The predicted octanol–water partition coefficient (Wildman–Crippen LogP) is -0.0398. The lowest BCUT2D eigenvalue weighted by Gasteiger charge is -1.90. The van der Waals surface area contributed by atoms with Crippen LogP contribution >= 0.6 is 0 Å². The fourth-order valence-electron chi connectivity index (χ4n) is 0.394. The van der Waals surface area contributed by atoms with Gasteiger partial charge in [-0.25, -0.2) is 0 Å². The molecule has 6 nitrogen and oxygen atoms in total. The lowest BCUT2D eigenvalue weighted by molar-refractivity contribution is 0.837. The van der Waals surface area contributed by atoms with Crippen molar-refractivity contribution in [2.45, 2.75) is 6.42 Å². The van der Waals surface area contributed by atoms with Crippen molar-refractivity contribution in [2.24, 2.45) is 21.6 Å². The second-order valence-corrected chi connectivity index (χ2v) is 1.61. The first kappa shape index (κ1) is 8.58. The molecule has 6 heteroatoms. The minimum absolute atomic E-state index is 0.0703. The van der Waals surface area contributed by atoms with E-state index >= 15 is 0 Å². The highest BCUT2D eigenvalue weighted by atomic mass is 15.1. The zero-order valence-electron chi connectivity index (χ0n) is 5.56. The molecule has 0 aromatic rings. The lowest BCUT2D eigenvalue weighted by Crippen LogP contribution is -2.23. The van der Waals surface area contributed by atoms with Crippen molar-refractivity contribution in [3.8, 4) is 0 Å². The molecular formula is C4H10N6. The molecule has 0 aliphatic heterocycles. The molecule has 0 heterocycles. The van der Waals surface area contributed by atoms with Crippen LogP contribution in [0.15, 0.2) is 10.1 Å². The molecule has 0 fully saturated rings. The molecule has 4 N–H and O–H groups in total. The summed E-state index contributed by atoms with van der Waals surface area (Å²) in [5.74, 6) is 0.0703. The van der Waals surface area contributed by atoms with Crippen molar-refractivity contribution in [1.82, 2.24) is 0 Å². The third-order valence-corrected chi connectivity index (χ3v) is 0.774.